The van der Waals surface area contributed by atoms with Crippen LogP contribution in [-0.2, 0) is 0 Å². The summed E-state index contributed by atoms with van der Waals surface area (Å²) in [5.74, 6) is 0.564. The number of hydrogen-bond donors (Lipinski definition) is 1. The molecule has 1 amide bonds. The zero-order chi connectivity index (χ0) is 17.1. The van der Waals surface area contributed by atoms with Crippen LogP contribution in [0.15, 0.2) is 48.5 Å². The Morgan fingerprint density at radius 2 is 1.96 bits per heavy atom. The van der Waals surface area contributed by atoms with Crippen LogP contribution in [0.4, 0.5) is 5.13 Å². The minimum atomic E-state index is -0.229. The summed E-state index contributed by atoms with van der Waals surface area (Å²) in [6.07, 6.45) is 0. The largest absolute Gasteiger partial charge is 0.497 e. The van der Waals surface area contributed by atoms with Gasteiger partial charge in [0.05, 0.1) is 12.8 Å². The standard InChI is InChI=1S/C18H15ClN2O2S/c1-11-16(12-6-8-15(23-2)9-7-12)20-18(24-11)21-17(22)13-4-3-5-14(19)10-13/h3-10H,1-2H3,(H,20,21,22). The first-order valence-corrected chi connectivity index (χ1v) is 8.45. The van der Waals surface area contributed by atoms with Gasteiger partial charge in [0, 0.05) is 21.0 Å². The van der Waals surface area contributed by atoms with Crippen molar-refractivity contribution in [1.82, 2.24) is 4.98 Å². The summed E-state index contributed by atoms with van der Waals surface area (Å²) in [4.78, 5) is 17.9. The summed E-state index contributed by atoms with van der Waals surface area (Å²) >= 11 is 7.36. The Morgan fingerprint density at radius 1 is 1.21 bits per heavy atom. The molecule has 0 aliphatic carbocycles. The van der Waals surface area contributed by atoms with Crippen LogP contribution in [0.3, 0.4) is 0 Å². The van der Waals surface area contributed by atoms with Crippen molar-refractivity contribution >= 4 is 34.0 Å². The monoisotopic (exact) mass is 358 g/mol. The Labute approximate surface area is 149 Å². The second kappa shape index (κ2) is 7.03. The molecule has 3 rings (SSSR count). The zero-order valence-electron chi connectivity index (χ0n) is 13.2. The highest BCUT2D eigenvalue weighted by Crippen LogP contribution is 2.31. The first-order chi connectivity index (χ1) is 11.6. The molecular weight excluding hydrogens is 344 g/mol. The minimum Gasteiger partial charge on any atom is -0.497 e. The van der Waals surface area contributed by atoms with Crippen LogP contribution >= 0.6 is 22.9 Å². The van der Waals surface area contributed by atoms with E-state index in [4.69, 9.17) is 16.3 Å². The fourth-order valence-electron chi connectivity index (χ4n) is 2.27. The molecule has 0 radical (unpaired) electrons. The predicted octanol–water partition coefficient (Wildman–Crippen LogP) is 5.03. The number of amides is 1. The van der Waals surface area contributed by atoms with E-state index in [2.05, 4.69) is 10.3 Å². The molecular formula is C18H15ClN2O2S. The lowest BCUT2D eigenvalue weighted by molar-refractivity contribution is 0.102. The van der Waals surface area contributed by atoms with Crippen molar-refractivity contribution in [1.29, 1.82) is 0 Å². The summed E-state index contributed by atoms with van der Waals surface area (Å²) in [5, 5.41) is 3.91. The van der Waals surface area contributed by atoms with Gasteiger partial charge in [0.25, 0.3) is 5.91 Å². The van der Waals surface area contributed by atoms with Gasteiger partial charge in [-0.05, 0) is 49.4 Å². The van der Waals surface area contributed by atoms with Gasteiger partial charge in [-0.15, -0.1) is 11.3 Å². The first kappa shape index (κ1) is 16.5. The number of ether oxygens (including phenoxy) is 1. The van der Waals surface area contributed by atoms with E-state index in [1.54, 1.807) is 31.4 Å². The van der Waals surface area contributed by atoms with E-state index < -0.39 is 0 Å². The number of carbonyl (C=O) groups is 1. The van der Waals surface area contributed by atoms with Crippen molar-refractivity contribution in [2.45, 2.75) is 6.92 Å². The smallest absolute Gasteiger partial charge is 0.257 e. The summed E-state index contributed by atoms with van der Waals surface area (Å²) in [5.41, 5.74) is 2.33. The van der Waals surface area contributed by atoms with Gasteiger partial charge in [-0.3, -0.25) is 10.1 Å². The first-order valence-electron chi connectivity index (χ1n) is 7.25. The Kier molecular flexibility index (Phi) is 4.83. The van der Waals surface area contributed by atoms with Crippen LogP contribution in [0.5, 0.6) is 5.75 Å². The van der Waals surface area contributed by atoms with E-state index in [-0.39, 0.29) is 5.91 Å². The second-order valence-electron chi connectivity index (χ2n) is 5.12. The number of thiazole rings is 1. The zero-order valence-corrected chi connectivity index (χ0v) is 14.7. The van der Waals surface area contributed by atoms with Crippen molar-refractivity contribution in [2.24, 2.45) is 0 Å². The third kappa shape index (κ3) is 3.58. The molecule has 122 valence electrons. The fourth-order valence-corrected chi connectivity index (χ4v) is 3.29. The Bertz CT molecular complexity index is 875. The molecule has 0 atom stereocenters. The molecule has 0 aliphatic heterocycles. The summed E-state index contributed by atoms with van der Waals surface area (Å²) in [6, 6.07) is 14.5. The van der Waals surface area contributed by atoms with Crippen LogP contribution in [0.2, 0.25) is 5.02 Å². The van der Waals surface area contributed by atoms with Gasteiger partial charge in [-0.1, -0.05) is 17.7 Å². The number of aromatic nitrogens is 1. The van der Waals surface area contributed by atoms with E-state index in [1.807, 2.05) is 31.2 Å². The van der Waals surface area contributed by atoms with Crippen molar-refractivity contribution in [3.8, 4) is 17.0 Å². The number of nitrogens with zero attached hydrogens (tertiary/aromatic N) is 1. The normalized spacial score (nSPS) is 10.5. The number of halogens is 1. The molecule has 1 heterocycles. The Balaban J connectivity index is 1.82. The van der Waals surface area contributed by atoms with Gasteiger partial charge < -0.3 is 4.74 Å². The van der Waals surface area contributed by atoms with Crippen LogP contribution in [0.1, 0.15) is 15.2 Å². The average Bonchev–Trinajstić information content (AvgIpc) is 2.95. The molecule has 0 aliphatic rings. The van der Waals surface area contributed by atoms with Crippen molar-refractivity contribution in [3.63, 3.8) is 0 Å². The van der Waals surface area contributed by atoms with E-state index >= 15 is 0 Å². The molecule has 0 bridgehead atoms. The summed E-state index contributed by atoms with van der Waals surface area (Å²) < 4.78 is 5.17. The quantitative estimate of drug-likeness (QED) is 0.711. The predicted molar refractivity (Wildman–Crippen MR) is 98.2 cm³/mol. The number of nitrogens with one attached hydrogen (secondary N) is 1. The maximum atomic E-state index is 12.3. The molecule has 1 N–H and O–H groups in total. The number of hydrogen-bond acceptors (Lipinski definition) is 4. The minimum absolute atomic E-state index is 0.229. The topological polar surface area (TPSA) is 51.2 Å². The van der Waals surface area contributed by atoms with Gasteiger partial charge in [0.1, 0.15) is 5.75 Å². The second-order valence-corrected chi connectivity index (χ2v) is 6.76. The lowest BCUT2D eigenvalue weighted by Gasteiger charge is -2.02. The number of carbonyl (C=O) groups excluding carboxylic acids is 1. The lowest BCUT2D eigenvalue weighted by atomic mass is 10.1. The fraction of sp³-hybridized carbons (Fsp3) is 0.111. The van der Waals surface area contributed by atoms with Gasteiger partial charge >= 0.3 is 0 Å². The number of methoxy groups -OCH3 is 1. The lowest BCUT2D eigenvalue weighted by Crippen LogP contribution is -2.11. The van der Waals surface area contributed by atoms with E-state index in [0.29, 0.717) is 15.7 Å². The molecule has 4 nitrogen and oxygen atoms in total. The van der Waals surface area contributed by atoms with Crippen molar-refractivity contribution in [3.05, 3.63) is 64.0 Å². The summed E-state index contributed by atoms with van der Waals surface area (Å²) in [6.45, 7) is 1.98. The van der Waals surface area contributed by atoms with E-state index in [9.17, 15) is 4.79 Å². The third-order valence-corrected chi connectivity index (χ3v) is 4.59. The maximum Gasteiger partial charge on any atom is 0.257 e. The Hall–Kier alpha value is -2.37. The van der Waals surface area contributed by atoms with E-state index in [0.717, 1.165) is 21.9 Å². The van der Waals surface area contributed by atoms with Crippen LogP contribution in [-0.4, -0.2) is 18.0 Å². The third-order valence-electron chi connectivity index (χ3n) is 3.47. The highest BCUT2D eigenvalue weighted by molar-refractivity contribution is 7.16. The van der Waals surface area contributed by atoms with Crippen LogP contribution < -0.4 is 10.1 Å². The van der Waals surface area contributed by atoms with Gasteiger partial charge in [0.2, 0.25) is 0 Å². The molecule has 24 heavy (non-hydrogen) atoms. The average molecular weight is 359 g/mol. The molecule has 1 aromatic heterocycles. The molecule has 0 spiro atoms. The maximum absolute atomic E-state index is 12.3. The van der Waals surface area contributed by atoms with Gasteiger partial charge in [0.15, 0.2) is 5.13 Å². The molecule has 0 saturated carbocycles. The van der Waals surface area contributed by atoms with E-state index in [1.165, 1.54) is 11.3 Å². The molecule has 0 unspecified atom stereocenters. The van der Waals surface area contributed by atoms with Gasteiger partial charge in [-0.2, -0.15) is 0 Å². The number of rotatable bonds is 4. The SMILES string of the molecule is COc1ccc(-c2nc(NC(=O)c3cccc(Cl)c3)sc2C)cc1. The Morgan fingerprint density at radius 3 is 2.62 bits per heavy atom. The van der Waals surface area contributed by atoms with Crippen molar-refractivity contribution in [2.75, 3.05) is 12.4 Å². The van der Waals surface area contributed by atoms with Crippen LogP contribution in [0, 0.1) is 6.92 Å². The summed E-state index contributed by atoms with van der Waals surface area (Å²) in [7, 11) is 1.63. The highest BCUT2D eigenvalue weighted by Gasteiger charge is 2.13. The number of aryl methyl sites for hydroxylation is 1. The van der Waals surface area contributed by atoms with Crippen LogP contribution in [0.25, 0.3) is 11.3 Å². The molecule has 6 heteroatoms. The van der Waals surface area contributed by atoms with Gasteiger partial charge in [-0.25, -0.2) is 4.98 Å². The van der Waals surface area contributed by atoms with Crippen molar-refractivity contribution < 1.29 is 9.53 Å². The molecule has 0 saturated heterocycles. The number of benzene rings is 2. The number of anilines is 1. The molecule has 2 aromatic carbocycles. The highest BCUT2D eigenvalue weighted by atomic mass is 35.5. The molecule has 0 fully saturated rings. The molecule has 3 aromatic rings.